The molecule has 1 aromatic carbocycles. The van der Waals surface area contributed by atoms with E-state index in [2.05, 4.69) is 22.7 Å². The molecular formula is C20H25ClF2N4O. The summed E-state index contributed by atoms with van der Waals surface area (Å²) in [5, 5.41) is 10.8. The predicted molar refractivity (Wildman–Crippen MR) is 105 cm³/mol. The van der Waals surface area contributed by atoms with Crippen LogP contribution in [0.15, 0.2) is 18.2 Å². The van der Waals surface area contributed by atoms with Crippen molar-refractivity contribution in [2.24, 2.45) is 5.41 Å². The highest BCUT2D eigenvalue weighted by Gasteiger charge is 2.30. The number of carbonyl (C=O) groups is 1. The lowest BCUT2D eigenvalue weighted by molar-refractivity contribution is 0.0916. The third-order valence-corrected chi connectivity index (χ3v) is 5.78. The molecule has 0 radical (unpaired) electrons. The number of nitrogens with zero attached hydrogens (tertiary/aromatic N) is 2. The van der Waals surface area contributed by atoms with Gasteiger partial charge in [-0.3, -0.25) is 4.79 Å². The maximum atomic E-state index is 13.7. The second-order valence-electron chi connectivity index (χ2n) is 7.88. The van der Waals surface area contributed by atoms with E-state index < -0.39 is 11.6 Å². The van der Waals surface area contributed by atoms with Crippen LogP contribution >= 0.6 is 12.4 Å². The van der Waals surface area contributed by atoms with Crippen molar-refractivity contribution < 1.29 is 13.6 Å². The van der Waals surface area contributed by atoms with Crippen LogP contribution in [0, 0.1) is 17.0 Å². The average Bonchev–Trinajstić information content (AvgIpc) is 3.25. The van der Waals surface area contributed by atoms with Gasteiger partial charge in [0.15, 0.2) is 17.3 Å². The van der Waals surface area contributed by atoms with Crippen LogP contribution in [0.5, 0.6) is 0 Å². The van der Waals surface area contributed by atoms with Crippen molar-refractivity contribution in [2.45, 2.75) is 39.0 Å². The molecule has 0 spiro atoms. The first-order valence-electron chi connectivity index (χ1n) is 9.52. The Labute approximate surface area is 169 Å². The second-order valence-corrected chi connectivity index (χ2v) is 7.88. The van der Waals surface area contributed by atoms with Crippen molar-refractivity contribution in [3.05, 3.63) is 46.8 Å². The zero-order valence-corrected chi connectivity index (χ0v) is 16.7. The largest absolute Gasteiger partial charge is 0.350 e. The smallest absolute Gasteiger partial charge is 0.272 e. The van der Waals surface area contributed by atoms with Gasteiger partial charge in [-0.15, -0.1) is 12.4 Å². The third kappa shape index (κ3) is 3.91. The molecule has 2 aromatic rings. The van der Waals surface area contributed by atoms with E-state index in [0.717, 1.165) is 68.6 Å². The molecule has 1 fully saturated rings. The van der Waals surface area contributed by atoms with Gasteiger partial charge in [0.1, 0.15) is 0 Å². The number of benzene rings is 1. The van der Waals surface area contributed by atoms with Crippen LogP contribution in [0.3, 0.4) is 0 Å². The van der Waals surface area contributed by atoms with E-state index in [9.17, 15) is 13.6 Å². The van der Waals surface area contributed by atoms with Gasteiger partial charge < -0.3 is 10.6 Å². The van der Waals surface area contributed by atoms with E-state index in [4.69, 9.17) is 0 Å². The minimum atomic E-state index is -0.917. The number of hydrogen-bond acceptors (Lipinski definition) is 3. The number of rotatable bonds is 4. The zero-order chi connectivity index (χ0) is 19.0. The number of aromatic nitrogens is 2. The van der Waals surface area contributed by atoms with Crippen LogP contribution in [-0.4, -0.2) is 35.3 Å². The first-order chi connectivity index (χ1) is 13.0. The molecule has 0 bridgehead atoms. The Morgan fingerprint density at radius 1 is 1.25 bits per heavy atom. The third-order valence-electron chi connectivity index (χ3n) is 5.78. The summed E-state index contributed by atoms with van der Waals surface area (Å²) < 4.78 is 28.5. The summed E-state index contributed by atoms with van der Waals surface area (Å²) in [5.41, 5.74) is 2.78. The fourth-order valence-corrected chi connectivity index (χ4v) is 4.03. The van der Waals surface area contributed by atoms with Crippen molar-refractivity contribution in [1.29, 1.82) is 0 Å². The molecule has 1 aromatic heterocycles. The molecule has 0 atom stereocenters. The highest BCUT2D eigenvalue weighted by atomic mass is 35.5. The predicted octanol–water partition coefficient (Wildman–Crippen LogP) is 3.18. The lowest BCUT2D eigenvalue weighted by atomic mass is 9.81. The number of carbonyl (C=O) groups excluding carboxylic acids is 1. The first-order valence-corrected chi connectivity index (χ1v) is 9.52. The molecule has 0 saturated carbocycles. The fraction of sp³-hybridized carbons (Fsp3) is 0.500. The van der Waals surface area contributed by atoms with Crippen LogP contribution < -0.4 is 10.6 Å². The Morgan fingerprint density at radius 3 is 2.71 bits per heavy atom. The molecule has 2 heterocycles. The minimum absolute atomic E-state index is 0. The molecule has 28 heavy (non-hydrogen) atoms. The minimum Gasteiger partial charge on any atom is -0.350 e. The summed E-state index contributed by atoms with van der Waals surface area (Å²) in [5.74, 6) is -2.00. The number of nitrogens with one attached hydrogen (secondary N) is 2. The number of amides is 1. The lowest BCUT2D eigenvalue weighted by Crippen LogP contribution is -2.43. The molecule has 0 unspecified atom stereocenters. The summed E-state index contributed by atoms with van der Waals surface area (Å²) in [6.07, 6.45) is 4.53. The van der Waals surface area contributed by atoms with Crippen molar-refractivity contribution in [2.75, 3.05) is 19.6 Å². The Balaban J connectivity index is 0.00000225. The fourth-order valence-electron chi connectivity index (χ4n) is 4.03. The van der Waals surface area contributed by atoms with Gasteiger partial charge in [0.05, 0.1) is 5.69 Å². The van der Waals surface area contributed by atoms with E-state index >= 15 is 0 Å². The molecular weight excluding hydrogens is 386 g/mol. The number of hydrogen-bond donors (Lipinski definition) is 2. The molecule has 1 amide bonds. The standard InChI is InChI=1S/C20H24F2N4O.ClH/c1-20(7-9-23-10-8-20)12-24-19(27)18-14-3-2-4-17(14)26(25-18)13-5-6-15(21)16(22)11-13;/h5-6,11,23H,2-4,7-10,12H2,1H3,(H,24,27);1H. The molecule has 1 aliphatic carbocycles. The highest BCUT2D eigenvalue weighted by molar-refractivity contribution is 5.94. The van der Waals surface area contributed by atoms with Crippen molar-refractivity contribution in [3.63, 3.8) is 0 Å². The lowest BCUT2D eigenvalue weighted by Gasteiger charge is -2.34. The van der Waals surface area contributed by atoms with E-state index in [-0.39, 0.29) is 23.7 Å². The molecule has 152 valence electrons. The van der Waals surface area contributed by atoms with Crippen LogP contribution in [0.1, 0.15) is 47.9 Å². The Bertz CT molecular complexity index is 877. The van der Waals surface area contributed by atoms with Gasteiger partial charge in [0.2, 0.25) is 0 Å². The highest BCUT2D eigenvalue weighted by Crippen LogP contribution is 2.29. The number of halogens is 3. The second kappa shape index (κ2) is 8.17. The average molecular weight is 411 g/mol. The summed E-state index contributed by atoms with van der Waals surface area (Å²) in [6, 6.07) is 3.70. The van der Waals surface area contributed by atoms with Gasteiger partial charge in [-0.2, -0.15) is 5.10 Å². The molecule has 5 nitrogen and oxygen atoms in total. The van der Waals surface area contributed by atoms with Crippen LogP contribution in [0.2, 0.25) is 0 Å². The van der Waals surface area contributed by atoms with Gasteiger partial charge in [0, 0.05) is 23.9 Å². The Hall–Kier alpha value is -1.99. The van der Waals surface area contributed by atoms with E-state index in [1.807, 2.05) is 0 Å². The maximum Gasteiger partial charge on any atom is 0.272 e. The van der Waals surface area contributed by atoms with E-state index in [1.54, 1.807) is 4.68 Å². The van der Waals surface area contributed by atoms with Crippen molar-refractivity contribution >= 4 is 18.3 Å². The Kier molecular flexibility index (Phi) is 6.05. The number of piperidine rings is 1. The first kappa shape index (κ1) is 20.7. The SMILES string of the molecule is CC1(CNC(=O)c2nn(-c3ccc(F)c(F)c3)c3c2CCC3)CCNCC1.Cl. The van der Waals surface area contributed by atoms with E-state index in [1.165, 1.54) is 6.07 Å². The monoisotopic (exact) mass is 410 g/mol. The van der Waals surface area contributed by atoms with E-state index in [0.29, 0.717) is 17.9 Å². The molecule has 4 rings (SSSR count). The molecule has 8 heteroatoms. The van der Waals surface area contributed by atoms with Gasteiger partial charge in [-0.1, -0.05) is 6.92 Å². The van der Waals surface area contributed by atoms with Gasteiger partial charge in [0.25, 0.3) is 5.91 Å². The Morgan fingerprint density at radius 2 is 2.00 bits per heavy atom. The summed E-state index contributed by atoms with van der Waals surface area (Å²) >= 11 is 0. The quantitative estimate of drug-likeness (QED) is 0.813. The molecule has 1 saturated heterocycles. The molecule has 1 aliphatic heterocycles. The summed E-state index contributed by atoms with van der Waals surface area (Å²) in [7, 11) is 0. The summed E-state index contributed by atoms with van der Waals surface area (Å²) in [6.45, 7) is 4.73. The van der Waals surface area contributed by atoms with Crippen molar-refractivity contribution in [3.8, 4) is 5.69 Å². The van der Waals surface area contributed by atoms with Crippen LogP contribution in [-0.2, 0) is 12.8 Å². The normalized spacial score (nSPS) is 17.7. The topological polar surface area (TPSA) is 59.0 Å². The van der Waals surface area contributed by atoms with Gasteiger partial charge in [-0.05, 0) is 62.7 Å². The zero-order valence-electron chi connectivity index (χ0n) is 15.9. The summed E-state index contributed by atoms with van der Waals surface area (Å²) in [4.78, 5) is 12.8. The number of fused-ring (bicyclic) bond motifs is 1. The van der Waals surface area contributed by atoms with Gasteiger partial charge in [-0.25, -0.2) is 13.5 Å². The van der Waals surface area contributed by atoms with Crippen molar-refractivity contribution in [1.82, 2.24) is 20.4 Å². The molecule has 2 N–H and O–H groups in total. The van der Waals surface area contributed by atoms with Gasteiger partial charge >= 0.3 is 0 Å². The maximum absolute atomic E-state index is 13.7. The molecule has 2 aliphatic rings. The van der Waals surface area contributed by atoms with Crippen LogP contribution in [0.25, 0.3) is 5.69 Å². The van der Waals surface area contributed by atoms with Crippen LogP contribution in [0.4, 0.5) is 8.78 Å².